The minimum atomic E-state index is -5.88. The average Bonchev–Trinajstić information content (AvgIpc) is 2.89. The zero-order chi connectivity index (χ0) is 28.5. The van der Waals surface area contributed by atoms with E-state index in [4.69, 9.17) is 0 Å². The van der Waals surface area contributed by atoms with E-state index < -0.39 is 50.5 Å². The van der Waals surface area contributed by atoms with Crippen LogP contribution in [0.25, 0.3) is 0 Å². The molecule has 0 unspecified atom stereocenters. The van der Waals surface area contributed by atoms with Crippen LogP contribution in [0.4, 0.5) is 30.7 Å². The molecule has 3 aromatic carbocycles. The number of halogens is 7. The molecule has 3 aromatic rings. The highest BCUT2D eigenvalue weighted by molar-refractivity contribution is 7.92. The summed E-state index contributed by atoms with van der Waals surface area (Å²) in [6, 6.07) is 14.6. The molecule has 39 heavy (non-hydrogen) atoms. The molecule has 0 heterocycles. The van der Waals surface area contributed by atoms with Gasteiger partial charge in [-0.05, 0) is 48.2 Å². The van der Waals surface area contributed by atoms with Gasteiger partial charge >= 0.3 is 12.4 Å². The number of ether oxygens (including phenoxy) is 1. The van der Waals surface area contributed by atoms with E-state index in [0.717, 1.165) is 42.8 Å². The third kappa shape index (κ3) is 5.18. The van der Waals surface area contributed by atoms with Gasteiger partial charge in [0.2, 0.25) is 0 Å². The molecule has 11 heteroatoms. The van der Waals surface area contributed by atoms with Crippen molar-refractivity contribution in [2.75, 3.05) is 0 Å². The van der Waals surface area contributed by atoms with Crippen molar-refractivity contribution in [1.29, 1.82) is 0 Å². The maximum Gasteiger partial charge on any atom is 0.430 e. The third-order valence-corrected chi connectivity index (χ3v) is 9.78. The largest absolute Gasteiger partial charge is 0.430 e. The van der Waals surface area contributed by atoms with Crippen molar-refractivity contribution in [3.63, 3.8) is 0 Å². The van der Waals surface area contributed by atoms with Gasteiger partial charge in [-0.25, -0.2) is 12.8 Å². The molecule has 4 rings (SSSR count). The molecule has 1 saturated carbocycles. The topological polar surface area (TPSA) is 43.4 Å². The Morgan fingerprint density at radius 2 is 1.26 bits per heavy atom. The fourth-order valence-electron chi connectivity index (χ4n) is 5.18. The second-order valence-electron chi connectivity index (χ2n) is 9.54. The molecule has 0 bridgehead atoms. The maximum atomic E-state index is 14.3. The van der Waals surface area contributed by atoms with E-state index in [-0.39, 0.29) is 28.9 Å². The maximum absolute atomic E-state index is 14.3. The van der Waals surface area contributed by atoms with Gasteiger partial charge in [0.15, 0.2) is 9.84 Å². The van der Waals surface area contributed by atoms with Gasteiger partial charge in [0, 0.05) is 5.56 Å². The van der Waals surface area contributed by atoms with Crippen LogP contribution in [-0.4, -0.2) is 20.8 Å². The first-order valence-electron chi connectivity index (χ1n) is 12.2. The number of benzene rings is 3. The van der Waals surface area contributed by atoms with Crippen LogP contribution >= 0.6 is 0 Å². The molecule has 0 aliphatic heterocycles. The first-order valence-corrected chi connectivity index (χ1v) is 13.7. The average molecular weight is 575 g/mol. The fourth-order valence-corrected chi connectivity index (χ4v) is 7.40. The van der Waals surface area contributed by atoms with Crippen molar-refractivity contribution in [3.8, 4) is 0 Å². The van der Waals surface area contributed by atoms with Crippen LogP contribution in [0.1, 0.15) is 48.8 Å². The Morgan fingerprint density at radius 1 is 0.718 bits per heavy atom. The molecule has 0 radical (unpaired) electrons. The van der Waals surface area contributed by atoms with Gasteiger partial charge in [-0.2, -0.15) is 26.3 Å². The molecule has 3 nitrogen and oxygen atoms in total. The van der Waals surface area contributed by atoms with Crippen LogP contribution in [0.5, 0.6) is 0 Å². The van der Waals surface area contributed by atoms with E-state index in [2.05, 4.69) is 4.74 Å². The normalized spacial score (nSPS) is 16.7. The van der Waals surface area contributed by atoms with Crippen molar-refractivity contribution < 1.29 is 43.9 Å². The van der Waals surface area contributed by atoms with Gasteiger partial charge in [-0.3, -0.25) is 0 Å². The number of sulfone groups is 1. The summed E-state index contributed by atoms with van der Waals surface area (Å²) in [4.78, 5) is -0.180. The molecule has 0 N–H and O–H groups in total. The first-order chi connectivity index (χ1) is 18.2. The van der Waals surface area contributed by atoms with Gasteiger partial charge in [-0.15, -0.1) is 0 Å². The highest BCUT2D eigenvalue weighted by Crippen LogP contribution is 2.54. The van der Waals surface area contributed by atoms with Crippen LogP contribution in [0.3, 0.4) is 0 Å². The van der Waals surface area contributed by atoms with Crippen LogP contribution < -0.4 is 0 Å². The van der Waals surface area contributed by atoms with E-state index in [1.54, 1.807) is 6.07 Å². The molecule has 1 aliphatic carbocycles. The molecule has 0 spiro atoms. The first kappa shape index (κ1) is 29.1. The number of alkyl halides is 6. The summed E-state index contributed by atoms with van der Waals surface area (Å²) in [6.07, 6.45) is -9.86. The SMILES string of the molecule is O=S(=O)(c1ccc(F)cc1)C1(c2ccc(C(OCc3ccccc3)(C(F)(F)F)C(F)(F)F)cc2)CCCCC1. The number of hydrogen-bond acceptors (Lipinski definition) is 3. The van der Waals surface area contributed by atoms with E-state index in [1.165, 1.54) is 24.3 Å². The van der Waals surface area contributed by atoms with Gasteiger partial charge in [0.25, 0.3) is 5.60 Å². The Kier molecular flexibility index (Phi) is 7.88. The van der Waals surface area contributed by atoms with Crippen molar-refractivity contribution >= 4 is 9.84 Å². The van der Waals surface area contributed by atoms with Gasteiger partial charge in [0.1, 0.15) is 10.6 Å². The highest BCUT2D eigenvalue weighted by atomic mass is 32.2. The fraction of sp³-hybridized carbons (Fsp3) is 0.357. The molecular weight excluding hydrogens is 549 g/mol. The summed E-state index contributed by atoms with van der Waals surface area (Å²) in [5, 5.41) is 0. The monoisotopic (exact) mass is 574 g/mol. The molecule has 1 aliphatic rings. The number of hydrogen-bond donors (Lipinski definition) is 0. The summed E-state index contributed by atoms with van der Waals surface area (Å²) in [5.41, 5.74) is -5.69. The third-order valence-electron chi connectivity index (χ3n) is 7.21. The lowest BCUT2D eigenvalue weighted by molar-refractivity contribution is -0.392. The molecular formula is C28H25F7O3S. The Labute approximate surface area is 221 Å². The molecule has 210 valence electrons. The van der Waals surface area contributed by atoms with Crippen LogP contribution in [0.15, 0.2) is 83.8 Å². The van der Waals surface area contributed by atoms with Crippen molar-refractivity contribution in [2.24, 2.45) is 0 Å². The predicted molar refractivity (Wildman–Crippen MR) is 130 cm³/mol. The lowest BCUT2D eigenvalue weighted by atomic mass is 9.81. The minimum Gasteiger partial charge on any atom is -0.349 e. The standard InChI is InChI=1S/C28H25F7O3S/c29-23-13-15-24(16-14-23)39(36,37)25(17-5-2-6-18-25)21-9-11-22(12-10-21)26(27(30,31)32,28(33,34)35)38-19-20-7-3-1-4-8-20/h1,3-4,7-16H,2,5-6,17-19H2. The molecule has 0 amide bonds. The Morgan fingerprint density at radius 3 is 1.77 bits per heavy atom. The summed E-state index contributed by atoms with van der Waals surface area (Å²) in [5.74, 6) is -0.651. The molecule has 1 fully saturated rings. The van der Waals surface area contributed by atoms with Crippen molar-refractivity contribution in [2.45, 2.75) is 66.3 Å². The Hall–Kier alpha value is -2.92. The van der Waals surface area contributed by atoms with Crippen molar-refractivity contribution in [3.05, 3.63) is 101 Å². The Bertz CT molecular complexity index is 1350. The predicted octanol–water partition coefficient (Wildman–Crippen LogP) is 8.00. The zero-order valence-electron chi connectivity index (χ0n) is 20.5. The van der Waals surface area contributed by atoms with E-state index >= 15 is 0 Å². The summed E-state index contributed by atoms with van der Waals surface area (Å²) < 4.78 is 130. The summed E-state index contributed by atoms with van der Waals surface area (Å²) >= 11 is 0. The van der Waals surface area contributed by atoms with E-state index in [0.29, 0.717) is 25.0 Å². The van der Waals surface area contributed by atoms with Crippen LogP contribution in [-0.2, 0) is 31.5 Å². The van der Waals surface area contributed by atoms with Gasteiger partial charge < -0.3 is 4.74 Å². The smallest absolute Gasteiger partial charge is 0.349 e. The summed E-state index contributed by atoms with van der Waals surface area (Å²) in [6.45, 7) is -0.968. The van der Waals surface area contributed by atoms with Crippen molar-refractivity contribution in [1.82, 2.24) is 0 Å². The van der Waals surface area contributed by atoms with E-state index in [9.17, 15) is 39.2 Å². The number of rotatable bonds is 7. The Balaban J connectivity index is 1.81. The van der Waals surface area contributed by atoms with E-state index in [1.807, 2.05) is 0 Å². The minimum absolute atomic E-state index is 0.0663. The lowest BCUT2D eigenvalue weighted by Crippen LogP contribution is -2.55. The summed E-state index contributed by atoms with van der Waals surface area (Å²) in [7, 11) is -4.19. The highest BCUT2D eigenvalue weighted by Gasteiger charge is 2.73. The second kappa shape index (κ2) is 10.6. The second-order valence-corrected chi connectivity index (χ2v) is 11.8. The molecule has 0 saturated heterocycles. The quantitative estimate of drug-likeness (QED) is 0.212. The lowest BCUT2D eigenvalue weighted by Gasteiger charge is -2.39. The van der Waals surface area contributed by atoms with Gasteiger partial charge in [-0.1, -0.05) is 73.9 Å². The molecule has 0 aromatic heterocycles. The van der Waals surface area contributed by atoms with Gasteiger partial charge in [0.05, 0.1) is 11.5 Å². The van der Waals surface area contributed by atoms with Crippen LogP contribution in [0.2, 0.25) is 0 Å². The molecule has 0 atom stereocenters. The zero-order valence-corrected chi connectivity index (χ0v) is 21.3. The van der Waals surface area contributed by atoms with Crippen LogP contribution in [0, 0.1) is 5.82 Å².